The van der Waals surface area contributed by atoms with Crippen molar-refractivity contribution in [1.29, 1.82) is 5.26 Å². The van der Waals surface area contributed by atoms with Crippen LogP contribution in [0.25, 0.3) is 10.9 Å². The van der Waals surface area contributed by atoms with Crippen LogP contribution in [0, 0.1) is 11.3 Å². The molecule has 142 valence electrons. The molecule has 3 heterocycles. The molecule has 1 aromatic carbocycles. The average Bonchev–Trinajstić information content (AvgIpc) is 3.17. The Kier molecular flexibility index (Phi) is 4.98. The molecule has 1 amide bonds. The Morgan fingerprint density at radius 3 is 2.68 bits per heavy atom. The number of nitrogens with one attached hydrogen (secondary N) is 1. The zero-order valence-electron chi connectivity index (χ0n) is 16.0. The molecule has 6 heteroatoms. The van der Waals surface area contributed by atoms with Gasteiger partial charge in [0.1, 0.15) is 11.8 Å². The van der Waals surface area contributed by atoms with Crippen molar-refractivity contribution in [2.24, 2.45) is 0 Å². The number of aromatic nitrogens is 2. The predicted molar refractivity (Wildman–Crippen MR) is 109 cm³/mol. The molecule has 0 radical (unpaired) electrons. The van der Waals surface area contributed by atoms with E-state index < -0.39 is 0 Å². The molecule has 1 saturated heterocycles. The van der Waals surface area contributed by atoms with Crippen LogP contribution in [0.15, 0.2) is 42.7 Å². The topological polar surface area (TPSA) is 76.0 Å². The molecule has 1 fully saturated rings. The maximum Gasteiger partial charge on any atom is 0.227 e. The fraction of sp³-hybridized carbons (Fsp3) is 0.318. The molecule has 0 atom stereocenters. The quantitative estimate of drug-likeness (QED) is 0.763. The number of piperazine rings is 1. The number of aromatic amines is 1. The summed E-state index contributed by atoms with van der Waals surface area (Å²) in [6, 6.07) is 12.0. The Labute approximate surface area is 164 Å². The van der Waals surface area contributed by atoms with Gasteiger partial charge >= 0.3 is 0 Å². The average molecular weight is 373 g/mol. The number of fused-ring (bicyclic) bond motifs is 1. The monoisotopic (exact) mass is 373 g/mol. The highest BCUT2D eigenvalue weighted by atomic mass is 16.2. The number of pyridine rings is 1. The van der Waals surface area contributed by atoms with Gasteiger partial charge in [0.05, 0.1) is 18.3 Å². The van der Waals surface area contributed by atoms with E-state index in [-0.39, 0.29) is 5.91 Å². The van der Waals surface area contributed by atoms with E-state index in [0.29, 0.717) is 25.2 Å². The van der Waals surface area contributed by atoms with Crippen LogP contribution >= 0.6 is 0 Å². The van der Waals surface area contributed by atoms with Crippen molar-refractivity contribution in [3.05, 3.63) is 59.5 Å². The Morgan fingerprint density at radius 2 is 2.00 bits per heavy atom. The lowest BCUT2D eigenvalue weighted by Crippen LogP contribution is -2.49. The van der Waals surface area contributed by atoms with Gasteiger partial charge in [-0.2, -0.15) is 5.26 Å². The molecule has 0 unspecified atom stereocenters. The molecule has 0 bridgehead atoms. The van der Waals surface area contributed by atoms with Gasteiger partial charge < -0.3 is 14.8 Å². The highest BCUT2D eigenvalue weighted by Crippen LogP contribution is 2.23. The van der Waals surface area contributed by atoms with Gasteiger partial charge in [-0.25, -0.2) is 4.98 Å². The van der Waals surface area contributed by atoms with E-state index in [1.807, 2.05) is 23.2 Å². The fourth-order valence-corrected chi connectivity index (χ4v) is 3.84. The number of H-pyrrole nitrogens is 1. The first-order chi connectivity index (χ1) is 13.7. The third-order valence-electron chi connectivity index (χ3n) is 5.47. The van der Waals surface area contributed by atoms with Crippen LogP contribution in [0.4, 0.5) is 5.69 Å². The molecule has 2 aromatic heterocycles. The van der Waals surface area contributed by atoms with Gasteiger partial charge in [0, 0.05) is 43.3 Å². The van der Waals surface area contributed by atoms with Crippen molar-refractivity contribution >= 4 is 22.5 Å². The van der Waals surface area contributed by atoms with E-state index in [1.54, 1.807) is 12.3 Å². The summed E-state index contributed by atoms with van der Waals surface area (Å²) in [5.74, 6) is 0.167. The SMILES string of the molecule is CCc1cccc2c(CC(=O)N3CCN(c4ccc(C#N)nc4)CC3)c[nH]c12. The lowest BCUT2D eigenvalue weighted by Gasteiger charge is -2.36. The maximum atomic E-state index is 12.8. The molecule has 0 aliphatic carbocycles. The first-order valence-electron chi connectivity index (χ1n) is 9.66. The summed E-state index contributed by atoms with van der Waals surface area (Å²) in [5, 5.41) is 10.0. The van der Waals surface area contributed by atoms with Gasteiger partial charge in [0.15, 0.2) is 0 Å². The zero-order chi connectivity index (χ0) is 19.5. The lowest BCUT2D eigenvalue weighted by atomic mass is 10.0. The molecule has 0 saturated carbocycles. The van der Waals surface area contributed by atoms with Crippen LogP contribution in [0.2, 0.25) is 0 Å². The Hall–Kier alpha value is -3.33. The van der Waals surface area contributed by atoms with Crippen molar-refractivity contribution in [3.63, 3.8) is 0 Å². The number of rotatable bonds is 4. The summed E-state index contributed by atoms with van der Waals surface area (Å²) >= 11 is 0. The number of hydrogen-bond acceptors (Lipinski definition) is 4. The van der Waals surface area contributed by atoms with Crippen molar-refractivity contribution in [1.82, 2.24) is 14.9 Å². The number of carbonyl (C=O) groups is 1. The van der Waals surface area contributed by atoms with E-state index in [1.165, 1.54) is 5.56 Å². The van der Waals surface area contributed by atoms with E-state index in [0.717, 1.165) is 41.7 Å². The van der Waals surface area contributed by atoms with E-state index >= 15 is 0 Å². The molecule has 6 nitrogen and oxygen atoms in total. The minimum absolute atomic E-state index is 0.167. The smallest absolute Gasteiger partial charge is 0.227 e. The Balaban J connectivity index is 1.40. The predicted octanol–water partition coefficient (Wildman–Crippen LogP) is 2.89. The summed E-state index contributed by atoms with van der Waals surface area (Å²) in [5.41, 5.74) is 4.90. The minimum Gasteiger partial charge on any atom is -0.367 e. The van der Waals surface area contributed by atoms with Crippen LogP contribution in [0.3, 0.4) is 0 Å². The van der Waals surface area contributed by atoms with E-state index in [4.69, 9.17) is 5.26 Å². The number of amides is 1. The third kappa shape index (κ3) is 3.44. The van der Waals surface area contributed by atoms with Gasteiger partial charge in [0.25, 0.3) is 0 Å². The molecular weight excluding hydrogens is 350 g/mol. The highest BCUT2D eigenvalue weighted by molar-refractivity contribution is 5.90. The van der Waals surface area contributed by atoms with Crippen molar-refractivity contribution in [2.75, 3.05) is 31.1 Å². The number of carbonyl (C=O) groups excluding carboxylic acids is 1. The van der Waals surface area contributed by atoms with Gasteiger partial charge in [-0.1, -0.05) is 25.1 Å². The molecule has 1 aliphatic heterocycles. The van der Waals surface area contributed by atoms with Crippen LogP contribution in [-0.2, 0) is 17.6 Å². The summed E-state index contributed by atoms with van der Waals surface area (Å²) < 4.78 is 0. The molecule has 0 spiro atoms. The highest BCUT2D eigenvalue weighted by Gasteiger charge is 2.22. The number of nitrogens with zero attached hydrogens (tertiary/aromatic N) is 4. The third-order valence-corrected chi connectivity index (χ3v) is 5.47. The van der Waals surface area contributed by atoms with Crippen molar-refractivity contribution < 1.29 is 4.79 Å². The number of anilines is 1. The van der Waals surface area contributed by atoms with Crippen molar-refractivity contribution in [3.8, 4) is 6.07 Å². The van der Waals surface area contributed by atoms with Crippen LogP contribution in [0.5, 0.6) is 0 Å². The van der Waals surface area contributed by atoms with E-state index in [2.05, 4.69) is 40.0 Å². The van der Waals surface area contributed by atoms with Gasteiger partial charge in [-0.05, 0) is 29.7 Å². The van der Waals surface area contributed by atoms with Gasteiger partial charge in [-0.3, -0.25) is 4.79 Å². The van der Waals surface area contributed by atoms with Gasteiger partial charge in [-0.15, -0.1) is 0 Å². The minimum atomic E-state index is 0.167. The molecule has 4 rings (SSSR count). The molecular formula is C22H23N5O. The fourth-order valence-electron chi connectivity index (χ4n) is 3.84. The van der Waals surface area contributed by atoms with Crippen molar-refractivity contribution in [2.45, 2.75) is 19.8 Å². The summed E-state index contributed by atoms with van der Waals surface area (Å²) in [6.45, 7) is 5.08. The normalized spacial score (nSPS) is 14.3. The second kappa shape index (κ2) is 7.73. The molecule has 1 aliphatic rings. The van der Waals surface area contributed by atoms with Gasteiger partial charge in [0.2, 0.25) is 5.91 Å². The molecule has 1 N–H and O–H groups in total. The number of para-hydroxylation sites is 1. The Morgan fingerprint density at radius 1 is 1.18 bits per heavy atom. The first kappa shape index (κ1) is 18.1. The molecule has 28 heavy (non-hydrogen) atoms. The van der Waals surface area contributed by atoms with Crippen LogP contribution in [0.1, 0.15) is 23.7 Å². The number of hydrogen-bond donors (Lipinski definition) is 1. The first-order valence-corrected chi connectivity index (χ1v) is 9.66. The van der Waals surface area contributed by atoms with Crippen LogP contribution in [-0.4, -0.2) is 47.0 Å². The van der Waals surface area contributed by atoms with Crippen LogP contribution < -0.4 is 4.90 Å². The Bertz CT molecular complexity index is 1020. The maximum absolute atomic E-state index is 12.8. The summed E-state index contributed by atoms with van der Waals surface area (Å²) in [4.78, 5) is 24.5. The molecule has 3 aromatic rings. The standard InChI is InChI=1S/C22H23N5O/c1-2-16-4-3-5-20-17(14-25-22(16)20)12-21(28)27-10-8-26(9-11-27)19-7-6-18(13-23)24-15-19/h3-7,14-15,25H,2,8-12H2,1H3. The number of benzene rings is 1. The summed E-state index contributed by atoms with van der Waals surface area (Å²) in [6.07, 6.45) is 5.09. The number of nitriles is 1. The lowest BCUT2D eigenvalue weighted by molar-refractivity contribution is -0.130. The van der Waals surface area contributed by atoms with E-state index in [9.17, 15) is 4.79 Å². The second-order valence-electron chi connectivity index (χ2n) is 7.07. The zero-order valence-corrected chi connectivity index (χ0v) is 16.0. The number of aryl methyl sites for hydroxylation is 1. The summed E-state index contributed by atoms with van der Waals surface area (Å²) in [7, 11) is 0. The second-order valence-corrected chi connectivity index (χ2v) is 7.07. The largest absolute Gasteiger partial charge is 0.367 e.